The Balaban J connectivity index is 1.43. The summed E-state index contributed by atoms with van der Waals surface area (Å²) in [7, 11) is 0. The average Bonchev–Trinajstić information content (AvgIpc) is 2.71. The number of carbonyl (C=O) groups excluding carboxylic acids is 3. The summed E-state index contributed by atoms with van der Waals surface area (Å²) in [6.07, 6.45) is 2.79. The Bertz CT molecular complexity index is 884. The van der Waals surface area contributed by atoms with Crippen LogP contribution in [0.4, 0.5) is 4.39 Å². The molecule has 0 heterocycles. The normalized spacial score (nSPS) is 15.2. The third-order valence-corrected chi connectivity index (χ3v) is 4.58. The van der Waals surface area contributed by atoms with Crippen LogP contribution in [0.15, 0.2) is 48.5 Å². The van der Waals surface area contributed by atoms with E-state index in [0.717, 1.165) is 30.9 Å². The van der Waals surface area contributed by atoms with Crippen molar-refractivity contribution in [1.29, 1.82) is 0 Å². The van der Waals surface area contributed by atoms with Gasteiger partial charge < -0.3 is 15.4 Å². The molecule has 28 heavy (non-hydrogen) atoms. The maximum absolute atomic E-state index is 13.5. The maximum Gasteiger partial charge on any atom is 0.325 e. The van der Waals surface area contributed by atoms with E-state index in [9.17, 15) is 18.8 Å². The Kier molecular flexibility index (Phi) is 6.37. The van der Waals surface area contributed by atoms with E-state index in [-0.39, 0.29) is 11.6 Å². The highest BCUT2D eigenvalue weighted by Gasteiger charge is 2.22. The molecule has 0 saturated carbocycles. The summed E-state index contributed by atoms with van der Waals surface area (Å²) in [6.45, 7) is -0.889. The first-order valence-electron chi connectivity index (χ1n) is 9.10. The molecule has 3 rings (SSSR count). The summed E-state index contributed by atoms with van der Waals surface area (Å²) in [6, 6.07) is 13.3. The number of hydrogen-bond acceptors (Lipinski definition) is 4. The molecule has 0 aromatic heterocycles. The van der Waals surface area contributed by atoms with E-state index >= 15 is 0 Å². The van der Waals surface area contributed by atoms with Gasteiger partial charge in [0, 0.05) is 0 Å². The summed E-state index contributed by atoms with van der Waals surface area (Å²) >= 11 is 0. The van der Waals surface area contributed by atoms with E-state index < -0.39 is 36.8 Å². The van der Waals surface area contributed by atoms with Crippen LogP contribution in [0.5, 0.6) is 0 Å². The molecule has 0 fully saturated rings. The van der Waals surface area contributed by atoms with Crippen LogP contribution in [0.1, 0.15) is 40.4 Å². The van der Waals surface area contributed by atoms with Gasteiger partial charge in [-0.3, -0.25) is 14.4 Å². The fourth-order valence-corrected chi connectivity index (χ4v) is 3.23. The van der Waals surface area contributed by atoms with Gasteiger partial charge in [0.15, 0.2) is 6.61 Å². The summed E-state index contributed by atoms with van der Waals surface area (Å²) in [5.74, 6) is -2.59. The van der Waals surface area contributed by atoms with Gasteiger partial charge in [0.25, 0.3) is 11.8 Å². The number of halogens is 1. The first-order valence-corrected chi connectivity index (χ1v) is 9.10. The summed E-state index contributed by atoms with van der Waals surface area (Å²) < 4.78 is 18.4. The molecule has 2 amide bonds. The van der Waals surface area contributed by atoms with Gasteiger partial charge in [-0.2, -0.15) is 0 Å². The lowest BCUT2D eigenvalue weighted by atomic mass is 9.88. The molecule has 2 N–H and O–H groups in total. The Morgan fingerprint density at radius 2 is 1.82 bits per heavy atom. The van der Waals surface area contributed by atoms with E-state index in [0.29, 0.717) is 0 Å². The first-order chi connectivity index (χ1) is 13.5. The van der Waals surface area contributed by atoms with Crippen LogP contribution in [-0.2, 0) is 20.7 Å². The highest BCUT2D eigenvalue weighted by Crippen LogP contribution is 2.29. The zero-order chi connectivity index (χ0) is 19.9. The number of nitrogens with one attached hydrogen (secondary N) is 2. The van der Waals surface area contributed by atoms with Gasteiger partial charge >= 0.3 is 5.97 Å². The van der Waals surface area contributed by atoms with Gasteiger partial charge in [-0.1, -0.05) is 36.4 Å². The molecule has 2 aromatic carbocycles. The lowest BCUT2D eigenvalue weighted by Gasteiger charge is -2.26. The fraction of sp³-hybridized carbons (Fsp3) is 0.286. The molecule has 0 saturated heterocycles. The number of aryl methyl sites for hydroxylation is 1. The van der Waals surface area contributed by atoms with Gasteiger partial charge in [-0.15, -0.1) is 0 Å². The van der Waals surface area contributed by atoms with Crippen LogP contribution in [-0.4, -0.2) is 30.9 Å². The zero-order valence-corrected chi connectivity index (χ0v) is 15.2. The van der Waals surface area contributed by atoms with Crippen molar-refractivity contribution in [2.24, 2.45) is 0 Å². The van der Waals surface area contributed by atoms with Crippen molar-refractivity contribution in [3.05, 3.63) is 71.0 Å². The average molecular weight is 384 g/mol. The van der Waals surface area contributed by atoms with Gasteiger partial charge in [-0.25, -0.2) is 4.39 Å². The third kappa shape index (κ3) is 4.94. The number of fused-ring (bicyclic) bond motifs is 1. The minimum atomic E-state index is -0.774. The summed E-state index contributed by atoms with van der Waals surface area (Å²) in [5.41, 5.74) is 2.14. The molecular weight excluding hydrogens is 363 g/mol. The quantitative estimate of drug-likeness (QED) is 0.749. The van der Waals surface area contributed by atoms with Crippen molar-refractivity contribution < 1.29 is 23.5 Å². The second-order valence-electron chi connectivity index (χ2n) is 6.53. The van der Waals surface area contributed by atoms with E-state index in [1.54, 1.807) is 0 Å². The molecule has 2 aromatic rings. The number of esters is 1. The van der Waals surface area contributed by atoms with Crippen LogP contribution in [0.3, 0.4) is 0 Å². The van der Waals surface area contributed by atoms with Crippen LogP contribution in [0.25, 0.3) is 0 Å². The van der Waals surface area contributed by atoms with Crippen LogP contribution in [0.2, 0.25) is 0 Å². The fourth-order valence-electron chi connectivity index (χ4n) is 3.23. The smallest absolute Gasteiger partial charge is 0.325 e. The van der Waals surface area contributed by atoms with Crippen molar-refractivity contribution in [1.82, 2.24) is 10.6 Å². The second kappa shape index (κ2) is 9.12. The van der Waals surface area contributed by atoms with Gasteiger partial charge in [-0.05, 0) is 42.5 Å². The number of benzene rings is 2. The molecule has 0 spiro atoms. The summed E-state index contributed by atoms with van der Waals surface area (Å²) in [5, 5.41) is 5.15. The van der Waals surface area contributed by atoms with Crippen molar-refractivity contribution >= 4 is 17.8 Å². The van der Waals surface area contributed by atoms with Crippen LogP contribution >= 0.6 is 0 Å². The number of hydrogen-bond donors (Lipinski definition) is 2. The second-order valence-corrected chi connectivity index (χ2v) is 6.53. The molecule has 1 aliphatic rings. The Morgan fingerprint density at radius 3 is 2.64 bits per heavy atom. The van der Waals surface area contributed by atoms with Crippen molar-refractivity contribution in [2.45, 2.75) is 25.3 Å². The molecule has 7 heteroatoms. The maximum atomic E-state index is 13.5. The monoisotopic (exact) mass is 384 g/mol. The molecule has 1 aliphatic carbocycles. The molecule has 146 valence electrons. The van der Waals surface area contributed by atoms with Crippen molar-refractivity contribution in [3.8, 4) is 0 Å². The lowest BCUT2D eigenvalue weighted by molar-refractivity contribution is -0.147. The van der Waals surface area contributed by atoms with E-state index in [1.807, 2.05) is 24.3 Å². The first kappa shape index (κ1) is 19.5. The van der Waals surface area contributed by atoms with Gasteiger partial charge in [0.2, 0.25) is 0 Å². The Hall–Kier alpha value is -3.22. The minimum Gasteiger partial charge on any atom is -0.454 e. The number of rotatable bonds is 6. The van der Waals surface area contributed by atoms with Gasteiger partial charge in [0.1, 0.15) is 12.4 Å². The van der Waals surface area contributed by atoms with Crippen LogP contribution < -0.4 is 10.6 Å². The largest absolute Gasteiger partial charge is 0.454 e. The highest BCUT2D eigenvalue weighted by atomic mass is 19.1. The number of ether oxygens (including phenoxy) is 1. The molecule has 6 nitrogen and oxygen atoms in total. The zero-order valence-electron chi connectivity index (χ0n) is 15.2. The van der Waals surface area contributed by atoms with Crippen molar-refractivity contribution in [3.63, 3.8) is 0 Å². The molecular formula is C21H21FN2O4. The molecule has 0 aliphatic heterocycles. The van der Waals surface area contributed by atoms with Crippen LogP contribution in [0, 0.1) is 5.82 Å². The van der Waals surface area contributed by atoms with E-state index in [4.69, 9.17) is 4.74 Å². The molecule has 0 bridgehead atoms. The Labute approximate surface area is 162 Å². The SMILES string of the molecule is O=C(COC(=O)CNC(=O)c1ccccc1F)N[C@@H]1CCCc2ccccc21. The minimum absolute atomic E-state index is 0.100. The number of carbonyl (C=O) groups is 3. The topological polar surface area (TPSA) is 84.5 Å². The molecule has 0 unspecified atom stereocenters. The van der Waals surface area contributed by atoms with Crippen molar-refractivity contribution in [2.75, 3.05) is 13.2 Å². The molecule has 0 radical (unpaired) electrons. The standard InChI is InChI=1S/C21H21FN2O4/c22-17-10-4-3-9-16(17)21(27)23-12-20(26)28-13-19(25)24-18-11-5-7-14-6-1-2-8-15(14)18/h1-4,6,8-10,18H,5,7,11-13H2,(H,23,27)(H,24,25)/t18-/m1/s1. The summed E-state index contributed by atoms with van der Waals surface area (Å²) in [4.78, 5) is 35.7. The predicted molar refractivity (Wildman–Crippen MR) is 100.0 cm³/mol. The lowest BCUT2D eigenvalue weighted by Crippen LogP contribution is -2.36. The van der Waals surface area contributed by atoms with E-state index in [2.05, 4.69) is 10.6 Å². The highest BCUT2D eigenvalue weighted by molar-refractivity contribution is 5.96. The van der Waals surface area contributed by atoms with E-state index in [1.165, 1.54) is 23.8 Å². The van der Waals surface area contributed by atoms with Gasteiger partial charge in [0.05, 0.1) is 11.6 Å². The Morgan fingerprint density at radius 1 is 1.07 bits per heavy atom. The predicted octanol–water partition coefficient (Wildman–Crippen LogP) is 2.29. The third-order valence-electron chi connectivity index (χ3n) is 4.58. The molecule has 1 atom stereocenters. The number of amides is 2.